The van der Waals surface area contributed by atoms with Crippen molar-refractivity contribution >= 4 is 23.1 Å². The molecule has 0 fully saturated rings. The summed E-state index contributed by atoms with van der Waals surface area (Å²) in [6.45, 7) is 1.67. The third-order valence-electron chi connectivity index (χ3n) is 5.38. The van der Waals surface area contributed by atoms with E-state index in [1.54, 1.807) is 29.6 Å². The Morgan fingerprint density at radius 1 is 1.06 bits per heavy atom. The number of hydrogen-bond acceptors (Lipinski definition) is 5. The molecule has 0 aliphatic heterocycles. The number of nitrogens with zero attached hydrogens (tertiary/aromatic N) is 3. The maximum atomic E-state index is 13.6. The van der Waals surface area contributed by atoms with E-state index in [0.29, 0.717) is 40.2 Å². The number of Topliss-reactive ketones (excluding diaryl/α,β-unsaturated/α-hetero) is 1. The highest BCUT2D eigenvalue weighted by atomic mass is 32.1. The highest BCUT2D eigenvalue weighted by molar-refractivity contribution is 7.09. The second-order valence-corrected chi connectivity index (χ2v) is 8.97. The number of rotatable bonds is 8. The number of hydrogen-bond donors (Lipinski definition) is 1. The highest BCUT2D eigenvalue weighted by Crippen LogP contribution is 2.34. The molecule has 10 heteroatoms. The van der Waals surface area contributed by atoms with E-state index in [2.05, 4.69) is 10.1 Å². The second kappa shape index (κ2) is 9.83. The summed E-state index contributed by atoms with van der Waals surface area (Å²) < 4.78 is 42.3. The molecule has 0 saturated heterocycles. The van der Waals surface area contributed by atoms with Crippen LogP contribution < -0.4 is 0 Å². The molecule has 1 N–H and O–H groups in total. The van der Waals surface area contributed by atoms with Crippen molar-refractivity contribution in [1.29, 1.82) is 0 Å². The van der Waals surface area contributed by atoms with Crippen LogP contribution in [-0.2, 0) is 25.6 Å². The van der Waals surface area contributed by atoms with Crippen molar-refractivity contribution in [2.75, 3.05) is 0 Å². The van der Waals surface area contributed by atoms with Gasteiger partial charge in [-0.1, -0.05) is 18.2 Å². The molecular weight excluding hydrogens is 479 g/mol. The Balaban J connectivity index is 1.58. The normalized spacial score (nSPS) is 11.5. The van der Waals surface area contributed by atoms with E-state index >= 15 is 0 Å². The average Bonchev–Trinajstić information content (AvgIpc) is 3.47. The largest absolute Gasteiger partial charge is 0.478 e. The van der Waals surface area contributed by atoms with Crippen molar-refractivity contribution in [1.82, 2.24) is 14.8 Å². The summed E-state index contributed by atoms with van der Waals surface area (Å²) in [6, 6.07) is 11.0. The van der Waals surface area contributed by atoms with E-state index in [4.69, 9.17) is 5.11 Å². The lowest BCUT2D eigenvalue weighted by Gasteiger charge is -2.12. The third-order valence-corrected chi connectivity index (χ3v) is 6.21. The molecule has 0 spiro atoms. The molecule has 4 aromatic rings. The molecule has 0 amide bonds. The van der Waals surface area contributed by atoms with Crippen molar-refractivity contribution in [2.45, 2.75) is 32.5 Å². The zero-order valence-corrected chi connectivity index (χ0v) is 19.4. The minimum absolute atomic E-state index is 0.0399. The topological polar surface area (TPSA) is 85.1 Å². The predicted molar refractivity (Wildman–Crippen MR) is 125 cm³/mol. The zero-order chi connectivity index (χ0) is 25.2. The maximum Gasteiger partial charge on any atom is 0.416 e. The van der Waals surface area contributed by atoms with E-state index in [0.717, 1.165) is 17.7 Å². The summed E-state index contributed by atoms with van der Waals surface area (Å²) in [4.78, 5) is 27.1. The van der Waals surface area contributed by atoms with Gasteiger partial charge in [0, 0.05) is 22.7 Å². The van der Waals surface area contributed by atoms with Gasteiger partial charge in [0.25, 0.3) is 0 Å². The Labute approximate surface area is 202 Å². The van der Waals surface area contributed by atoms with Gasteiger partial charge in [0.1, 0.15) is 5.01 Å². The number of carbonyl (C=O) groups excluding carboxylic acids is 1. The molecule has 2 heterocycles. The van der Waals surface area contributed by atoms with Crippen LogP contribution in [0.1, 0.15) is 49.3 Å². The van der Waals surface area contributed by atoms with Crippen molar-refractivity contribution in [3.63, 3.8) is 0 Å². The van der Waals surface area contributed by atoms with Gasteiger partial charge in [0.15, 0.2) is 5.78 Å². The van der Waals surface area contributed by atoms with E-state index in [1.165, 1.54) is 35.3 Å². The number of halogens is 3. The van der Waals surface area contributed by atoms with Crippen LogP contribution in [0.4, 0.5) is 13.2 Å². The van der Waals surface area contributed by atoms with Crippen LogP contribution in [-0.4, -0.2) is 31.6 Å². The summed E-state index contributed by atoms with van der Waals surface area (Å²) in [5.74, 6) is -1.16. The number of carboxylic acid groups (broad SMARTS) is 1. The molecule has 0 unspecified atom stereocenters. The smallest absolute Gasteiger partial charge is 0.416 e. The monoisotopic (exact) mass is 499 g/mol. The van der Waals surface area contributed by atoms with Gasteiger partial charge < -0.3 is 5.11 Å². The second-order valence-electron chi connectivity index (χ2n) is 8.03. The Hall–Kier alpha value is -3.79. The average molecular weight is 500 g/mol. The molecule has 0 saturated carbocycles. The van der Waals surface area contributed by atoms with Crippen LogP contribution in [0.15, 0.2) is 60.2 Å². The summed E-state index contributed by atoms with van der Waals surface area (Å²) in [7, 11) is 0. The minimum Gasteiger partial charge on any atom is -0.478 e. The number of aromatic carboxylic acids is 1. The molecule has 4 rings (SSSR count). The molecule has 35 heavy (non-hydrogen) atoms. The SMILES string of the molecule is CC(=O)c1cccc(CCc2cc(-c3csc(Cn4cc(C(=O)O)cn4)n3)cc(C(F)(F)F)c2)c1. The molecule has 6 nitrogen and oxygen atoms in total. The molecule has 0 radical (unpaired) electrons. The van der Waals surface area contributed by atoms with Gasteiger partial charge >= 0.3 is 12.1 Å². The Morgan fingerprint density at radius 2 is 1.83 bits per heavy atom. The van der Waals surface area contributed by atoms with Gasteiger partial charge in [-0.15, -0.1) is 11.3 Å². The number of thiazole rings is 1. The number of carbonyl (C=O) groups is 2. The molecule has 0 atom stereocenters. The number of ketones is 1. The quantitative estimate of drug-likeness (QED) is 0.312. The zero-order valence-electron chi connectivity index (χ0n) is 18.5. The van der Waals surface area contributed by atoms with Crippen molar-refractivity contribution in [3.8, 4) is 11.3 Å². The molecule has 0 aliphatic carbocycles. The van der Waals surface area contributed by atoms with Gasteiger partial charge in [0.2, 0.25) is 0 Å². The van der Waals surface area contributed by atoms with Gasteiger partial charge in [0.05, 0.1) is 29.6 Å². The lowest BCUT2D eigenvalue weighted by Crippen LogP contribution is -2.07. The number of carboxylic acids is 1. The summed E-state index contributed by atoms with van der Waals surface area (Å²) in [5, 5.41) is 15.3. The van der Waals surface area contributed by atoms with Crippen LogP contribution in [0.3, 0.4) is 0 Å². The molecule has 2 aromatic carbocycles. The minimum atomic E-state index is -4.51. The Bertz CT molecular complexity index is 1390. The van der Waals surface area contributed by atoms with E-state index in [9.17, 15) is 22.8 Å². The summed E-state index contributed by atoms with van der Waals surface area (Å²) >= 11 is 1.26. The molecule has 0 bridgehead atoms. The fraction of sp³-hybridized carbons (Fsp3) is 0.200. The fourth-order valence-electron chi connectivity index (χ4n) is 3.60. The first-order chi connectivity index (χ1) is 16.6. The highest BCUT2D eigenvalue weighted by Gasteiger charge is 2.31. The summed E-state index contributed by atoms with van der Waals surface area (Å²) in [5.41, 5.74) is 1.98. The van der Waals surface area contributed by atoms with Crippen LogP contribution in [0, 0.1) is 0 Å². The number of aromatic nitrogens is 3. The van der Waals surface area contributed by atoms with Crippen molar-refractivity contribution in [3.05, 3.63) is 93.1 Å². The number of benzene rings is 2. The fourth-order valence-corrected chi connectivity index (χ4v) is 4.39. The van der Waals surface area contributed by atoms with Gasteiger partial charge in [-0.3, -0.25) is 9.48 Å². The molecule has 2 aromatic heterocycles. The Morgan fingerprint density at radius 3 is 2.51 bits per heavy atom. The molecule has 180 valence electrons. The van der Waals surface area contributed by atoms with Crippen LogP contribution in [0.25, 0.3) is 11.3 Å². The lowest BCUT2D eigenvalue weighted by atomic mass is 9.97. The van der Waals surface area contributed by atoms with Gasteiger partial charge in [-0.25, -0.2) is 9.78 Å². The number of aryl methyl sites for hydroxylation is 2. The van der Waals surface area contributed by atoms with Crippen molar-refractivity contribution < 1.29 is 27.9 Å². The van der Waals surface area contributed by atoms with Crippen LogP contribution >= 0.6 is 11.3 Å². The number of alkyl halides is 3. The first kappa shape index (κ1) is 24.3. The summed E-state index contributed by atoms with van der Waals surface area (Å²) in [6.07, 6.45) is -1.08. The van der Waals surface area contributed by atoms with Crippen molar-refractivity contribution in [2.24, 2.45) is 0 Å². The van der Waals surface area contributed by atoms with Gasteiger partial charge in [-0.2, -0.15) is 18.3 Å². The van der Waals surface area contributed by atoms with E-state index in [1.807, 2.05) is 6.07 Å². The lowest BCUT2D eigenvalue weighted by molar-refractivity contribution is -0.137. The third kappa shape index (κ3) is 6.02. The van der Waals surface area contributed by atoms with E-state index < -0.39 is 17.7 Å². The van der Waals surface area contributed by atoms with Crippen LogP contribution in [0.2, 0.25) is 0 Å². The maximum absolute atomic E-state index is 13.6. The van der Waals surface area contributed by atoms with Gasteiger partial charge in [-0.05, 0) is 55.2 Å². The molecular formula is C25H20F3N3O3S. The van der Waals surface area contributed by atoms with E-state index in [-0.39, 0.29) is 17.9 Å². The molecule has 0 aliphatic rings. The Kier molecular flexibility index (Phi) is 6.83. The first-order valence-corrected chi connectivity index (χ1v) is 11.5. The standard InChI is InChI=1S/C25H20F3N3O3S/c1-15(32)18-4-2-3-16(7-18)5-6-17-8-19(10-21(9-17)25(26,27)28)22-14-35-23(30-22)13-31-12-20(11-29-31)24(33)34/h2-4,7-12,14H,5-6,13H2,1H3,(H,33,34). The predicted octanol–water partition coefficient (Wildman–Crippen LogP) is 5.76. The first-order valence-electron chi connectivity index (χ1n) is 10.6. The van der Waals surface area contributed by atoms with Crippen LogP contribution in [0.5, 0.6) is 0 Å².